The topological polar surface area (TPSA) is 21.8 Å². The number of epoxide rings is 1. The van der Waals surface area contributed by atoms with Crippen LogP contribution in [0.5, 0.6) is 0 Å². The molecular formula is C14H29ClO2Si. The highest BCUT2D eigenvalue weighted by Gasteiger charge is 2.29. The Morgan fingerprint density at radius 3 is 2.17 bits per heavy atom. The summed E-state index contributed by atoms with van der Waals surface area (Å²) >= 11 is 6.91. The summed E-state index contributed by atoms with van der Waals surface area (Å²) < 4.78 is 10.7. The maximum atomic E-state index is 6.91. The second-order valence-electron chi connectivity index (χ2n) is 5.49. The molecule has 1 unspecified atom stereocenters. The van der Waals surface area contributed by atoms with Crippen LogP contribution in [0.15, 0.2) is 0 Å². The first-order valence-corrected chi connectivity index (χ1v) is 11.2. The number of rotatable bonds is 12. The summed E-state index contributed by atoms with van der Waals surface area (Å²) in [5.74, 6) is 0. The molecule has 0 saturated carbocycles. The summed E-state index contributed by atoms with van der Waals surface area (Å²) in [7, 11) is -1.49. The number of hydrogen-bond donors (Lipinski definition) is 0. The van der Waals surface area contributed by atoms with Crippen molar-refractivity contribution in [1.29, 1.82) is 0 Å². The molecule has 4 heteroatoms. The maximum Gasteiger partial charge on any atom is 0.156 e. The van der Waals surface area contributed by atoms with E-state index in [0.717, 1.165) is 26.2 Å². The van der Waals surface area contributed by atoms with Crippen LogP contribution in [-0.4, -0.2) is 33.3 Å². The highest BCUT2D eigenvalue weighted by atomic mass is 35.6. The number of halogens is 1. The van der Waals surface area contributed by atoms with Crippen molar-refractivity contribution in [2.45, 2.75) is 70.2 Å². The first-order chi connectivity index (χ1) is 8.70. The molecule has 0 radical (unpaired) electrons. The molecular weight excluding hydrogens is 264 g/mol. The van der Waals surface area contributed by atoms with Crippen LogP contribution in [0.3, 0.4) is 0 Å². The van der Waals surface area contributed by atoms with Gasteiger partial charge in [-0.2, -0.15) is 11.1 Å². The fourth-order valence-electron chi connectivity index (χ4n) is 2.23. The van der Waals surface area contributed by atoms with Crippen molar-refractivity contribution in [2.24, 2.45) is 0 Å². The molecule has 1 rings (SSSR count). The average molecular weight is 293 g/mol. The molecule has 0 spiro atoms. The molecule has 0 N–H and O–H groups in total. The van der Waals surface area contributed by atoms with Gasteiger partial charge in [-0.1, -0.05) is 39.5 Å². The van der Waals surface area contributed by atoms with E-state index in [9.17, 15) is 0 Å². The Morgan fingerprint density at radius 1 is 1.11 bits per heavy atom. The predicted molar refractivity (Wildman–Crippen MR) is 81.0 cm³/mol. The lowest BCUT2D eigenvalue weighted by atomic mass is 10.4. The van der Waals surface area contributed by atoms with Crippen LogP contribution < -0.4 is 0 Å². The van der Waals surface area contributed by atoms with Gasteiger partial charge in [0.25, 0.3) is 0 Å². The van der Waals surface area contributed by atoms with Crippen molar-refractivity contribution in [3.05, 3.63) is 0 Å². The Bertz CT molecular complexity index is 202. The lowest BCUT2D eigenvalue weighted by molar-refractivity contribution is 0.117. The zero-order chi connectivity index (χ0) is 13.3. The summed E-state index contributed by atoms with van der Waals surface area (Å²) in [6, 6.07) is 3.80. The van der Waals surface area contributed by atoms with Gasteiger partial charge >= 0.3 is 0 Å². The van der Waals surface area contributed by atoms with Crippen LogP contribution in [-0.2, 0) is 9.47 Å². The van der Waals surface area contributed by atoms with Gasteiger partial charge in [-0.05, 0) is 24.6 Å². The highest BCUT2D eigenvalue weighted by Crippen LogP contribution is 2.31. The van der Waals surface area contributed by atoms with Crippen molar-refractivity contribution < 1.29 is 9.47 Å². The molecule has 1 heterocycles. The Balaban J connectivity index is 2.11. The van der Waals surface area contributed by atoms with Gasteiger partial charge in [-0.15, -0.1) is 0 Å². The van der Waals surface area contributed by atoms with Gasteiger partial charge < -0.3 is 9.47 Å². The van der Waals surface area contributed by atoms with E-state index in [-0.39, 0.29) is 0 Å². The number of hydrogen-bond acceptors (Lipinski definition) is 2. The minimum absolute atomic E-state index is 0.392. The van der Waals surface area contributed by atoms with Gasteiger partial charge in [0.15, 0.2) is 7.38 Å². The summed E-state index contributed by atoms with van der Waals surface area (Å²) in [5.41, 5.74) is 0. The van der Waals surface area contributed by atoms with Gasteiger partial charge in [-0.25, -0.2) is 0 Å². The lowest BCUT2D eigenvalue weighted by Gasteiger charge is -2.24. The van der Waals surface area contributed by atoms with Crippen LogP contribution in [0.25, 0.3) is 0 Å². The van der Waals surface area contributed by atoms with E-state index in [2.05, 4.69) is 13.8 Å². The third-order valence-corrected chi connectivity index (χ3v) is 9.03. The minimum Gasteiger partial charge on any atom is -0.379 e. The van der Waals surface area contributed by atoms with E-state index in [4.69, 9.17) is 20.6 Å². The molecule has 1 aliphatic rings. The van der Waals surface area contributed by atoms with E-state index in [0.29, 0.717) is 6.10 Å². The Morgan fingerprint density at radius 2 is 1.67 bits per heavy atom. The second-order valence-corrected chi connectivity index (χ2v) is 11.7. The normalized spacial score (nSPS) is 19.2. The number of ether oxygens (including phenoxy) is 2. The fourth-order valence-corrected chi connectivity index (χ4v) is 6.94. The van der Waals surface area contributed by atoms with Crippen molar-refractivity contribution in [3.8, 4) is 0 Å². The third-order valence-electron chi connectivity index (χ3n) is 3.58. The first-order valence-electron chi connectivity index (χ1n) is 7.58. The molecule has 1 atom stereocenters. The van der Waals surface area contributed by atoms with Crippen molar-refractivity contribution in [2.75, 3.05) is 19.8 Å². The Labute approximate surface area is 118 Å². The van der Waals surface area contributed by atoms with Gasteiger partial charge in [0.2, 0.25) is 0 Å². The maximum absolute atomic E-state index is 6.91. The third kappa shape index (κ3) is 7.77. The molecule has 108 valence electrons. The fraction of sp³-hybridized carbons (Fsp3) is 1.00. The molecule has 0 aromatic rings. The van der Waals surface area contributed by atoms with E-state index in [1.807, 2.05) is 0 Å². The molecule has 1 aliphatic heterocycles. The second kappa shape index (κ2) is 9.35. The van der Waals surface area contributed by atoms with Gasteiger partial charge in [0.1, 0.15) is 6.10 Å². The number of unbranched alkanes of at least 4 members (excludes halogenated alkanes) is 2. The molecule has 1 saturated heterocycles. The molecule has 0 aromatic heterocycles. The summed E-state index contributed by atoms with van der Waals surface area (Å²) in [5, 5.41) is 0. The average Bonchev–Trinajstić information content (AvgIpc) is 3.18. The molecule has 0 aromatic carbocycles. The zero-order valence-corrected chi connectivity index (χ0v) is 13.8. The van der Waals surface area contributed by atoms with Gasteiger partial charge in [-0.3, -0.25) is 0 Å². The molecule has 2 nitrogen and oxygen atoms in total. The quantitative estimate of drug-likeness (QED) is 0.227. The van der Waals surface area contributed by atoms with E-state index >= 15 is 0 Å². The van der Waals surface area contributed by atoms with Crippen LogP contribution in [0.4, 0.5) is 0 Å². The Hall–Kier alpha value is 0.427. The van der Waals surface area contributed by atoms with Crippen molar-refractivity contribution >= 4 is 18.5 Å². The predicted octanol–water partition coefficient (Wildman–Crippen LogP) is 4.58. The minimum atomic E-state index is -1.49. The SMILES string of the molecule is CCCC[Si](Cl)(CCCC)CCCOCC1CO1. The monoisotopic (exact) mass is 292 g/mol. The molecule has 18 heavy (non-hydrogen) atoms. The zero-order valence-electron chi connectivity index (χ0n) is 12.0. The van der Waals surface area contributed by atoms with E-state index in [1.165, 1.54) is 43.8 Å². The largest absolute Gasteiger partial charge is 0.379 e. The summed E-state index contributed by atoms with van der Waals surface area (Å²) in [4.78, 5) is 0. The smallest absolute Gasteiger partial charge is 0.156 e. The van der Waals surface area contributed by atoms with Crippen molar-refractivity contribution in [3.63, 3.8) is 0 Å². The lowest BCUT2D eigenvalue weighted by Crippen LogP contribution is -2.27. The molecule has 0 amide bonds. The standard InChI is InChI=1S/C14H29ClO2Si/c1-3-5-9-18(15,10-6-4-2)11-7-8-16-12-14-13-17-14/h14H,3-13H2,1-2H3. The van der Waals surface area contributed by atoms with Crippen LogP contribution in [0.2, 0.25) is 18.1 Å². The van der Waals surface area contributed by atoms with Crippen LogP contribution in [0.1, 0.15) is 46.0 Å². The van der Waals surface area contributed by atoms with Crippen LogP contribution >= 0.6 is 11.1 Å². The van der Waals surface area contributed by atoms with Gasteiger partial charge in [0.05, 0.1) is 13.2 Å². The van der Waals surface area contributed by atoms with Crippen LogP contribution in [0, 0.1) is 0 Å². The highest BCUT2D eigenvalue weighted by molar-refractivity contribution is 7.20. The van der Waals surface area contributed by atoms with Gasteiger partial charge in [0, 0.05) is 6.61 Å². The molecule has 1 fully saturated rings. The summed E-state index contributed by atoms with van der Waals surface area (Å²) in [6.07, 6.45) is 6.66. The Kier molecular flexibility index (Phi) is 8.56. The summed E-state index contributed by atoms with van der Waals surface area (Å²) in [6.45, 7) is 7.04. The van der Waals surface area contributed by atoms with Crippen molar-refractivity contribution in [1.82, 2.24) is 0 Å². The first kappa shape index (κ1) is 16.5. The van der Waals surface area contributed by atoms with E-state index < -0.39 is 7.38 Å². The van der Waals surface area contributed by atoms with E-state index in [1.54, 1.807) is 0 Å². The molecule has 0 bridgehead atoms. The molecule has 0 aliphatic carbocycles.